The number of alkyl halides is 3. The largest absolute Gasteiger partial charge is 0.433 e. The third kappa shape index (κ3) is 5.36. The van der Waals surface area contributed by atoms with Gasteiger partial charge in [-0.25, -0.2) is 9.48 Å². The molecule has 31 heavy (non-hydrogen) atoms. The molecule has 0 saturated carbocycles. The van der Waals surface area contributed by atoms with Gasteiger partial charge in [-0.15, -0.1) is 0 Å². The number of rotatable bonds is 6. The summed E-state index contributed by atoms with van der Waals surface area (Å²) in [5.41, 5.74) is -0.250. The molecule has 1 aliphatic heterocycles. The summed E-state index contributed by atoms with van der Waals surface area (Å²) in [4.78, 5) is 27.0. The molecule has 2 heterocycles. The second kappa shape index (κ2) is 9.40. The van der Waals surface area contributed by atoms with Gasteiger partial charge in [-0.1, -0.05) is 20.3 Å². The molecule has 3 amide bonds. The van der Waals surface area contributed by atoms with Crippen LogP contribution < -0.4 is 10.6 Å². The van der Waals surface area contributed by atoms with E-state index in [1.54, 1.807) is 4.90 Å². The molecule has 7 nitrogen and oxygen atoms in total. The zero-order chi connectivity index (χ0) is 22.6. The molecular weight excluding hydrogens is 411 g/mol. The maximum absolute atomic E-state index is 13.1. The Bertz CT molecular complexity index is 904. The molecule has 1 aromatic carbocycles. The highest BCUT2D eigenvalue weighted by molar-refractivity contribution is 5.97. The summed E-state index contributed by atoms with van der Waals surface area (Å²) in [6, 6.07) is 5.82. The minimum absolute atomic E-state index is 0.0933. The fraction of sp³-hybridized carbons (Fsp3) is 0.476. The summed E-state index contributed by atoms with van der Waals surface area (Å²) in [6.45, 7) is 5.17. The maximum atomic E-state index is 13.1. The van der Waals surface area contributed by atoms with Crippen molar-refractivity contribution >= 4 is 17.6 Å². The predicted octanol–water partition coefficient (Wildman–Crippen LogP) is 4.05. The number of hydrogen-bond donors (Lipinski definition) is 2. The molecule has 2 atom stereocenters. The van der Waals surface area contributed by atoms with E-state index in [0.717, 1.165) is 29.8 Å². The Morgan fingerprint density at radius 1 is 1.13 bits per heavy atom. The maximum Gasteiger partial charge on any atom is 0.433 e. The van der Waals surface area contributed by atoms with Crippen LogP contribution in [-0.4, -0.2) is 45.8 Å². The van der Waals surface area contributed by atoms with Crippen molar-refractivity contribution < 1.29 is 22.8 Å². The Labute approximate surface area is 178 Å². The zero-order valence-corrected chi connectivity index (χ0v) is 17.4. The van der Waals surface area contributed by atoms with Crippen LogP contribution >= 0.6 is 0 Å². The van der Waals surface area contributed by atoms with Crippen molar-refractivity contribution in [3.63, 3.8) is 0 Å². The number of carbonyl (C=O) groups is 2. The van der Waals surface area contributed by atoms with E-state index in [1.165, 1.54) is 24.3 Å². The molecule has 0 unspecified atom stereocenters. The standard InChI is InChI=1S/C21H26F3N5O2/c1-3-14(2)18(27-20(31)28-12-4-5-13-28)19(30)26-15-6-8-16(9-7-15)29-17(10-11-25-29)21(22,23)24/h6-11,14,18H,3-5,12-13H2,1-2H3,(H,26,30)(H,27,31)/t14-,18+/m1/s1. The number of urea groups is 1. The second-order valence-electron chi connectivity index (χ2n) is 7.67. The number of hydrogen-bond acceptors (Lipinski definition) is 3. The Kier molecular flexibility index (Phi) is 6.87. The topological polar surface area (TPSA) is 79.3 Å². The lowest BCUT2D eigenvalue weighted by molar-refractivity contribution is -0.142. The minimum Gasteiger partial charge on any atom is -0.326 e. The van der Waals surface area contributed by atoms with Crippen LogP contribution in [0.4, 0.5) is 23.7 Å². The van der Waals surface area contributed by atoms with Crippen LogP contribution in [0.15, 0.2) is 36.5 Å². The molecule has 1 fully saturated rings. The third-order valence-electron chi connectivity index (χ3n) is 5.48. The van der Waals surface area contributed by atoms with E-state index in [2.05, 4.69) is 15.7 Å². The van der Waals surface area contributed by atoms with E-state index in [0.29, 0.717) is 25.2 Å². The van der Waals surface area contributed by atoms with Gasteiger partial charge in [0.1, 0.15) is 11.7 Å². The van der Waals surface area contributed by atoms with Crippen molar-refractivity contribution in [2.45, 2.75) is 45.3 Å². The van der Waals surface area contributed by atoms with Crippen molar-refractivity contribution in [1.29, 1.82) is 0 Å². The number of halogens is 3. The summed E-state index contributed by atoms with van der Waals surface area (Å²) in [5.74, 6) is -0.464. The van der Waals surface area contributed by atoms with Crippen molar-refractivity contribution in [1.82, 2.24) is 20.0 Å². The van der Waals surface area contributed by atoms with Gasteiger partial charge in [0.05, 0.1) is 11.9 Å². The van der Waals surface area contributed by atoms with Crippen LogP contribution in [0.3, 0.4) is 0 Å². The third-order valence-corrected chi connectivity index (χ3v) is 5.48. The first-order valence-electron chi connectivity index (χ1n) is 10.3. The number of carbonyl (C=O) groups excluding carboxylic acids is 2. The van der Waals surface area contributed by atoms with Crippen LogP contribution in [0.5, 0.6) is 0 Å². The molecule has 1 aliphatic rings. The smallest absolute Gasteiger partial charge is 0.326 e. The van der Waals surface area contributed by atoms with Gasteiger partial charge in [0.25, 0.3) is 0 Å². The van der Waals surface area contributed by atoms with Gasteiger partial charge in [0, 0.05) is 18.8 Å². The second-order valence-corrected chi connectivity index (χ2v) is 7.67. The van der Waals surface area contributed by atoms with E-state index in [-0.39, 0.29) is 23.5 Å². The number of anilines is 1. The highest BCUT2D eigenvalue weighted by atomic mass is 19.4. The Balaban J connectivity index is 1.70. The summed E-state index contributed by atoms with van der Waals surface area (Å²) in [7, 11) is 0. The summed E-state index contributed by atoms with van der Waals surface area (Å²) in [6.07, 6.45) is -0.853. The van der Waals surface area contributed by atoms with Crippen molar-refractivity contribution in [2.75, 3.05) is 18.4 Å². The molecular formula is C21H26F3N5O2. The van der Waals surface area contributed by atoms with Crippen LogP contribution in [0.25, 0.3) is 5.69 Å². The first-order chi connectivity index (χ1) is 14.7. The number of nitrogens with zero attached hydrogens (tertiary/aromatic N) is 3. The zero-order valence-electron chi connectivity index (χ0n) is 17.4. The van der Waals surface area contributed by atoms with Crippen LogP contribution in [0.2, 0.25) is 0 Å². The van der Waals surface area contributed by atoms with Gasteiger partial charge in [0.15, 0.2) is 0 Å². The van der Waals surface area contributed by atoms with Crippen molar-refractivity contribution in [3.8, 4) is 5.69 Å². The van der Waals surface area contributed by atoms with Gasteiger partial charge >= 0.3 is 12.2 Å². The fourth-order valence-electron chi connectivity index (χ4n) is 3.48. The Morgan fingerprint density at radius 3 is 2.35 bits per heavy atom. The SMILES string of the molecule is CC[C@@H](C)[C@H](NC(=O)N1CCCC1)C(=O)Nc1ccc(-n2nccc2C(F)(F)F)cc1. The van der Waals surface area contributed by atoms with E-state index in [4.69, 9.17) is 0 Å². The Hall–Kier alpha value is -3.04. The van der Waals surface area contributed by atoms with Crippen LogP contribution in [-0.2, 0) is 11.0 Å². The fourth-order valence-corrected chi connectivity index (χ4v) is 3.48. The molecule has 10 heteroatoms. The van der Waals surface area contributed by atoms with Crippen LogP contribution in [0.1, 0.15) is 38.8 Å². The van der Waals surface area contributed by atoms with Gasteiger partial charge in [-0.3, -0.25) is 4.79 Å². The lowest BCUT2D eigenvalue weighted by atomic mass is 9.98. The molecule has 2 N–H and O–H groups in total. The average Bonchev–Trinajstić information content (AvgIpc) is 3.43. The van der Waals surface area contributed by atoms with E-state index >= 15 is 0 Å². The lowest BCUT2D eigenvalue weighted by Crippen LogP contribution is -2.51. The first kappa shape index (κ1) is 22.6. The molecule has 1 saturated heterocycles. The average molecular weight is 437 g/mol. The number of benzene rings is 1. The van der Waals surface area contributed by atoms with Crippen LogP contribution in [0, 0.1) is 5.92 Å². The predicted molar refractivity (Wildman–Crippen MR) is 110 cm³/mol. The summed E-state index contributed by atoms with van der Waals surface area (Å²) < 4.78 is 40.0. The van der Waals surface area contributed by atoms with E-state index in [1.807, 2.05) is 13.8 Å². The number of amides is 3. The van der Waals surface area contributed by atoms with Gasteiger partial charge < -0.3 is 15.5 Å². The monoisotopic (exact) mass is 437 g/mol. The van der Waals surface area contributed by atoms with Gasteiger partial charge in [0.2, 0.25) is 5.91 Å². The number of nitrogens with one attached hydrogen (secondary N) is 2. The van der Waals surface area contributed by atoms with Gasteiger partial charge in [-0.05, 0) is 49.1 Å². The molecule has 168 valence electrons. The highest BCUT2D eigenvalue weighted by Crippen LogP contribution is 2.30. The van der Waals surface area contributed by atoms with E-state index < -0.39 is 17.9 Å². The Morgan fingerprint density at radius 2 is 1.77 bits per heavy atom. The van der Waals surface area contributed by atoms with Crippen molar-refractivity contribution in [2.24, 2.45) is 5.92 Å². The molecule has 2 aromatic rings. The molecule has 0 spiro atoms. The molecule has 0 aliphatic carbocycles. The normalized spacial score (nSPS) is 16.1. The quantitative estimate of drug-likeness (QED) is 0.716. The number of likely N-dealkylation sites (tertiary alicyclic amines) is 1. The van der Waals surface area contributed by atoms with Gasteiger partial charge in [-0.2, -0.15) is 18.3 Å². The molecule has 3 rings (SSSR count). The molecule has 1 aromatic heterocycles. The minimum atomic E-state index is -4.53. The first-order valence-corrected chi connectivity index (χ1v) is 10.3. The number of aromatic nitrogens is 2. The summed E-state index contributed by atoms with van der Waals surface area (Å²) >= 11 is 0. The molecule has 0 bridgehead atoms. The highest BCUT2D eigenvalue weighted by Gasteiger charge is 2.35. The van der Waals surface area contributed by atoms with E-state index in [9.17, 15) is 22.8 Å². The van der Waals surface area contributed by atoms with Crippen molar-refractivity contribution in [3.05, 3.63) is 42.2 Å². The lowest BCUT2D eigenvalue weighted by Gasteiger charge is -2.26. The summed E-state index contributed by atoms with van der Waals surface area (Å²) in [5, 5.41) is 9.30. The molecule has 0 radical (unpaired) electrons.